The molecule has 210 valence electrons. The van der Waals surface area contributed by atoms with Gasteiger partial charge in [-0.15, -0.1) is 5.79 Å². The molecule has 3 aromatic carbocycles. The van der Waals surface area contributed by atoms with Crippen molar-refractivity contribution in [3.05, 3.63) is 94.5 Å². The number of phenolic OH excluding ortho intramolecular Hbond substituents is 1. The molecule has 0 radical (unpaired) electrons. The molecule has 6 nitrogen and oxygen atoms in total. The van der Waals surface area contributed by atoms with Gasteiger partial charge in [-0.05, 0) is 59.0 Å². The highest BCUT2D eigenvalue weighted by molar-refractivity contribution is 6.33. The molecule has 0 heterocycles. The van der Waals surface area contributed by atoms with E-state index in [-0.39, 0.29) is 26.9 Å². The highest BCUT2D eigenvalue weighted by atomic mass is 27.1. The normalized spacial score (nSPS) is 11.2. The minimum Gasteiger partial charge on any atom is -0.508 e. The van der Waals surface area contributed by atoms with Crippen molar-refractivity contribution in [3.8, 4) is 11.5 Å². The van der Waals surface area contributed by atoms with E-state index in [0.29, 0.717) is 46.0 Å². The van der Waals surface area contributed by atoms with Crippen LogP contribution in [0.4, 0.5) is 0 Å². The molecule has 0 aliphatic carbocycles. The first-order chi connectivity index (χ1) is 19.5. The van der Waals surface area contributed by atoms with Crippen LogP contribution in [0.15, 0.2) is 66.7 Å². The summed E-state index contributed by atoms with van der Waals surface area (Å²) in [5.74, 6) is 3.40. The van der Waals surface area contributed by atoms with Crippen molar-refractivity contribution in [1.82, 2.24) is 5.32 Å². The van der Waals surface area contributed by atoms with Crippen LogP contribution in [0.3, 0.4) is 0 Å². The molecule has 3 rings (SSSR count). The number of carbonyl (C=O) groups is 1. The van der Waals surface area contributed by atoms with Gasteiger partial charge in [-0.2, -0.15) is 0 Å². The molecule has 0 unspecified atom stereocenters. The van der Waals surface area contributed by atoms with Gasteiger partial charge in [0.25, 0.3) is 0 Å². The maximum atomic E-state index is 11.5. The predicted octanol–water partition coefficient (Wildman–Crippen LogP) is 5.86. The van der Waals surface area contributed by atoms with Crippen molar-refractivity contribution in [1.29, 1.82) is 0 Å². The van der Waals surface area contributed by atoms with Crippen molar-refractivity contribution in [3.63, 3.8) is 0 Å². The zero-order valence-electron chi connectivity index (χ0n) is 23.6. The minimum absolute atomic E-state index is 0.0447. The first-order valence-electron chi connectivity index (χ1n) is 13.9. The molecule has 2 N–H and O–H groups in total. The van der Waals surface area contributed by atoms with Crippen LogP contribution in [0.25, 0.3) is 24.3 Å². The summed E-state index contributed by atoms with van der Waals surface area (Å²) in [6, 6.07) is 21.5. The molecule has 0 bridgehead atoms. The van der Waals surface area contributed by atoms with Crippen molar-refractivity contribution in [2.45, 2.75) is 24.4 Å². The summed E-state index contributed by atoms with van der Waals surface area (Å²) in [6.45, 7) is 5.11. The smallest absolute Gasteiger partial charge is 0.234 e. The summed E-state index contributed by atoms with van der Waals surface area (Å²) >= 11 is -0.0447. The second kappa shape index (κ2) is 18.1. The second-order valence-corrected chi connectivity index (χ2v) is 11.2. The number of amides is 1. The molecule has 0 aliphatic heterocycles. The molecule has 0 saturated carbocycles. The van der Waals surface area contributed by atoms with Crippen LogP contribution >= 0.6 is 0 Å². The maximum Gasteiger partial charge on any atom is 0.234 e. The van der Waals surface area contributed by atoms with Gasteiger partial charge in [-0.1, -0.05) is 72.1 Å². The van der Waals surface area contributed by atoms with E-state index in [1.165, 1.54) is 11.1 Å². The van der Waals surface area contributed by atoms with Gasteiger partial charge in [0.1, 0.15) is 18.1 Å². The number of hydrogen-bond acceptors (Lipinski definition) is 5. The minimum atomic E-state index is -0.0447. The zero-order valence-corrected chi connectivity index (χ0v) is 25.0. The van der Waals surface area contributed by atoms with Gasteiger partial charge < -0.3 is 24.6 Å². The Morgan fingerprint density at radius 2 is 1.40 bits per heavy atom. The van der Waals surface area contributed by atoms with Crippen LogP contribution < -0.4 is 10.1 Å². The Kier molecular flexibility index (Phi) is 14.1. The van der Waals surface area contributed by atoms with E-state index in [4.69, 9.17) is 14.2 Å². The lowest BCUT2D eigenvalue weighted by Gasteiger charge is -2.08. The fourth-order valence-electron chi connectivity index (χ4n) is 3.86. The molecule has 0 fully saturated rings. The molecule has 0 aliphatic rings. The number of nitrogens with one attached hydrogen (secondary N) is 1. The Bertz CT molecular complexity index is 1220. The van der Waals surface area contributed by atoms with E-state index in [1.807, 2.05) is 42.5 Å². The Morgan fingerprint density at radius 1 is 0.800 bits per heavy atom. The monoisotopic (exact) mass is 557 g/mol. The number of hydrogen-bond donors (Lipinski definition) is 2. The fraction of sp³-hybridized carbons (Fsp3) is 0.303. The largest absolute Gasteiger partial charge is 0.508 e. The summed E-state index contributed by atoms with van der Waals surface area (Å²) in [5.41, 5.74) is 5.64. The van der Waals surface area contributed by atoms with Gasteiger partial charge in [0.15, 0.2) is 0 Å². The standard InChI is InChI=1S/C32H36NO5.CH3.Al.H/c1-3-32(35)33-18-19-36-20-21-37-22-23-38-31-16-10-27(11-17-31)6-12-29-13-7-28(24-25(29)2)5-4-26-8-14-30(34)15-9-26;;;/h4-17,24,34H,1,3,18-23H2,2H3,(H,33,35);1H3;;/b5-4+,12-6+;;;. The van der Waals surface area contributed by atoms with Gasteiger partial charge in [0, 0.05) is 13.0 Å². The number of benzene rings is 3. The topological polar surface area (TPSA) is 77.0 Å². The Morgan fingerprint density at radius 3 is 2.10 bits per heavy atom. The lowest BCUT2D eigenvalue weighted by Crippen LogP contribution is -2.27. The zero-order chi connectivity index (χ0) is 28.4. The van der Waals surface area contributed by atoms with E-state index in [9.17, 15) is 9.90 Å². The molecule has 0 atom stereocenters. The van der Waals surface area contributed by atoms with Crippen LogP contribution in [-0.4, -0.2) is 65.8 Å². The highest BCUT2D eigenvalue weighted by Crippen LogP contribution is 2.19. The predicted molar refractivity (Wildman–Crippen MR) is 166 cm³/mol. The molecule has 3 aromatic rings. The van der Waals surface area contributed by atoms with E-state index in [0.717, 1.165) is 27.7 Å². The van der Waals surface area contributed by atoms with Crippen LogP contribution in [0.5, 0.6) is 11.5 Å². The van der Waals surface area contributed by atoms with Gasteiger partial charge in [0.2, 0.25) is 21.1 Å². The number of rotatable bonds is 17. The number of aryl methyl sites for hydroxylation is 1. The lowest BCUT2D eigenvalue weighted by atomic mass is 10.0. The summed E-state index contributed by atoms with van der Waals surface area (Å²) in [7, 11) is 0. The van der Waals surface area contributed by atoms with E-state index in [2.05, 4.69) is 54.5 Å². The second-order valence-electron chi connectivity index (χ2n) is 9.47. The van der Waals surface area contributed by atoms with Gasteiger partial charge in [-0.25, -0.2) is 0 Å². The van der Waals surface area contributed by atoms with Gasteiger partial charge >= 0.3 is 0 Å². The highest BCUT2D eigenvalue weighted by Gasteiger charge is 2.00. The molecule has 0 aromatic heterocycles. The Labute approximate surface area is 244 Å². The quantitative estimate of drug-likeness (QED) is 0.124. The average Bonchev–Trinajstić information content (AvgIpc) is 2.97. The third-order valence-electron chi connectivity index (χ3n) is 6.18. The SMILES string of the molecule is [CH3][AlH][CH2]CC(=O)NCCOCCOCCOc1ccc(/C=C/c2ccc(/C=C/c3ccc(O)cc3)cc2C)cc1. The van der Waals surface area contributed by atoms with Crippen molar-refractivity contribution < 1.29 is 24.1 Å². The first kappa shape index (κ1) is 31.2. The van der Waals surface area contributed by atoms with Crippen LogP contribution in [0, 0.1) is 6.92 Å². The van der Waals surface area contributed by atoms with E-state index >= 15 is 0 Å². The summed E-state index contributed by atoms with van der Waals surface area (Å²) in [6.07, 6.45) is 8.97. The van der Waals surface area contributed by atoms with Crippen LogP contribution in [-0.2, 0) is 14.3 Å². The van der Waals surface area contributed by atoms with Crippen LogP contribution in [0.2, 0.25) is 11.1 Å². The molecular weight excluding hydrogens is 517 g/mol. The third-order valence-corrected chi connectivity index (χ3v) is 7.25. The number of aromatic hydroxyl groups is 1. The van der Waals surface area contributed by atoms with Crippen LogP contribution in [0.1, 0.15) is 34.2 Å². The summed E-state index contributed by atoms with van der Waals surface area (Å²) in [4.78, 5) is 11.5. The van der Waals surface area contributed by atoms with E-state index in [1.54, 1.807) is 12.1 Å². The Hall–Kier alpha value is -3.34. The van der Waals surface area contributed by atoms with Crippen molar-refractivity contribution in [2.75, 3.05) is 39.6 Å². The molecule has 1 amide bonds. The number of carbonyl (C=O) groups excluding carboxylic acids is 1. The maximum absolute atomic E-state index is 11.5. The van der Waals surface area contributed by atoms with Crippen molar-refractivity contribution in [2.24, 2.45) is 0 Å². The molecule has 0 saturated heterocycles. The number of phenols is 1. The number of ether oxygens (including phenoxy) is 3. The van der Waals surface area contributed by atoms with E-state index < -0.39 is 0 Å². The molecular formula is C33H40AlNO5. The molecule has 7 heteroatoms. The Balaban J connectivity index is 1.31. The van der Waals surface area contributed by atoms with Gasteiger partial charge in [-0.3, -0.25) is 4.79 Å². The third kappa shape index (κ3) is 12.2. The summed E-state index contributed by atoms with van der Waals surface area (Å²) in [5, 5.41) is 13.3. The van der Waals surface area contributed by atoms with Gasteiger partial charge in [0.05, 0.1) is 26.4 Å². The lowest BCUT2D eigenvalue weighted by molar-refractivity contribution is -0.121. The average molecular weight is 558 g/mol. The molecule has 40 heavy (non-hydrogen) atoms. The fourth-order valence-corrected chi connectivity index (χ4v) is 4.53. The molecule has 0 spiro atoms. The first-order valence-corrected chi connectivity index (χ1v) is 16.4. The summed E-state index contributed by atoms with van der Waals surface area (Å²) < 4.78 is 16.8. The van der Waals surface area contributed by atoms with Crippen molar-refractivity contribution >= 4 is 45.4 Å².